The maximum atomic E-state index is 14.1. The molecule has 0 bridgehead atoms. The number of thiophene rings is 1. The second-order valence-corrected chi connectivity index (χ2v) is 12.0. The van der Waals surface area contributed by atoms with Crippen LogP contribution >= 0.6 is 11.3 Å². The number of nitrogens with zero attached hydrogens (tertiary/aromatic N) is 2. The number of nitrogens with two attached hydrogens (primary N) is 3. The summed E-state index contributed by atoms with van der Waals surface area (Å²) in [7, 11) is 0. The molecule has 0 spiro atoms. The SMILES string of the molecule is C=CC(=O)N1CCCC(NC(=O)c2sc3c(N)ccc4c3c2C(N)C(=O)C4(N)c2ccc(Oc3cccc(C)n3)cc2)C1. The van der Waals surface area contributed by atoms with E-state index >= 15 is 0 Å². The van der Waals surface area contributed by atoms with Gasteiger partial charge in [0.05, 0.1) is 15.6 Å². The first-order valence-corrected chi connectivity index (χ1v) is 14.8. The van der Waals surface area contributed by atoms with E-state index in [1.807, 2.05) is 19.1 Å². The molecule has 1 saturated heterocycles. The highest BCUT2D eigenvalue weighted by Gasteiger charge is 2.48. The fourth-order valence-corrected chi connectivity index (χ4v) is 7.21. The van der Waals surface area contributed by atoms with Gasteiger partial charge in [-0.15, -0.1) is 11.3 Å². The molecular formula is C32H32N6O4S. The van der Waals surface area contributed by atoms with Crippen molar-refractivity contribution in [3.8, 4) is 11.6 Å². The zero-order valence-electron chi connectivity index (χ0n) is 23.6. The third kappa shape index (κ3) is 4.85. The largest absolute Gasteiger partial charge is 0.439 e. The number of pyridine rings is 1. The molecule has 3 unspecified atom stereocenters. The molecule has 1 fully saturated rings. The number of Topliss-reactive ketones (excluding diaryl/α,β-unsaturated/α-hetero) is 1. The van der Waals surface area contributed by atoms with Crippen LogP contribution in [0.5, 0.6) is 11.6 Å². The van der Waals surface area contributed by atoms with E-state index in [2.05, 4.69) is 16.9 Å². The number of nitrogens with one attached hydrogen (secondary N) is 1. The number of anilines is 1. The number of piperidine rings is 1. The number of amides is 2. The van der Waals surface area contributed by atoms with E-state index < -0.39 is 17.4 Å². The van der Waals surface area contributed by atoms with Crippen molar-refractivity contribution in [3.05, 3.63) is 94.5 Å². The molecular weight excluding hydrogens is 564 g/mol. The third-order valence-corrected chi connectivity index (χ3v) is 9.41. The molecule has 220 valence electrons. The minimum Gasteiger partial charge on any atom is -0.439 e. The summed E-state index contributed by atoms with van der Waals surface area (Å²) in [5.41, 5.74) is 21.2. The van der Waals surface area contributed by atoms with Gasteiger partial charge in [-0.05, 0) is 61.2 Å². The summed E-state index contributed by atoms with van der Waals surface area (Å²) in [5, 5.41) is 3.67. The smallest absolute Gasteiger partial charge is 0.262 e. The molecule has 3 heterocycles. The first kappa shape index (κ1) is 28.5. The van der Waals surface area contributed by atoms with E-state index in [0.717, 1.165) is 18.5 Å². The average molecular weight is 597 g/mol. The Labute approximate surface area is 252 Å². The van der Waals surface area contributed by atoms with Crippen LogP contribution in [-0.2, 0) is 15.1 Å². The van der Waals surface area contributed by atoms with Crippen LogP contribution in [0.15, 0.2) is 67.3 Å². The van der Waals surface area contributed by atoms with Crippen LogP contribution in [-0.4, -0.2) is 46.6 Å². The maximum Gasteiger partial charge on any atom is 0.262 e. The summed E-state index contributed by atoms with van der Waals surface area (Å²) in [6.07, 6.45) is 2.74. The molecule has 1 aliphatic carbocycles. The number of hydrogen-bond acceptors (Lipinski definition) is 9. The summed E-state index contributed by atoms with van der Waals surface area (Å²) >= 11 is 1.20. The predicted octanol–water partition coefficient (Wildman–Crippen LogP) is 3.67. The number of aryl methyl sites for hydroxylation is 1. The van der Waals surface area contributed by atoms with Crippen molar-refractivity contribution in [3.63, 3.8) is 0 Å². The number of aromatic nitrogens is 1. The van der Waals surface area contributed by atoms with E-state index in [4.69, 9.17) is 21.9 Å². The van der Waals surface area contributed by atoms with Gasteiger partial charge in [-0.25, -0.2) is 4.98 Å². The lowest BCUT2D eigenvalue weighted by molar-refractivity contribution is -0.127. The van der Waals surface area contributed by atoms with Crippen molar-refractivity contribution in [1.82, 2.24) is 15.2 Å². The first-order valence-electron chi connectivity index (χ1n) is 14.0. The molecule has 2 aromatic carbocycles. The molecule has 43 heavy (non-hydrogen) atoms. The number of ketones is 1. The van der Waals surface area contributed by atoms with Crippen LogP contribution in [0.3, 0.4) is 0 Å². The van der Waals surface area contributed by atoms with Crippen LogP contribution in [0.4, 0.5) is 5.69 Å². The van der Waals surface area contributed by atoms with E-state index in [1.54, 1.807) is 47.4 Å². The Hall–Kier alpha value is -4.58. The molecule has 1 aliphatic heterocycles. The molecule has 2 amide bonds. The lowest BCUT2D eigenvalue weighted by Crippen LogP contribution is -2.53. The van der Waals surface area contributed by atoms with Gasteiger partial charge in [0.1, 0.15) is 11.3 Å². The Bertz CT molecular complexity index is 1780. The van der Waals surface area contributed by atoms with Gasteiger partial charge in [0.25, 0.3) is 5.91 Å². The minimum absolute atomic E-state index is 0.174. The number of nitrogen functional groups attached to an aromatic ring is 1. The summed E-state index contributed by atoms with van der Waals surface area (Å²) in [4.78, 5) is 46.2. The Morgan fingerprint density at radius 2 is 1.95 bits per heavy atom. The van der Waals surface area contributed by atoms with Crippen LogP contribution in [0.1, 0.15) is 50.9 Å². The van der Waals surface area contributed by atoms with Gasteiger partial charge in [-0.2, -0.15) is 0 Å². The third-order valence-electron chi connectivity index (χ3n) is 8.16. The highest BCUT2D eigenvalue weighted by molar-refractivity contribution is 7.21. The molecule has 6 rings (SSSR count). The number of rotatable bonds is 6. The topological polar surface area (TPSA) is 167 Å². The van der Waals surface area contributed by atoms with Crippen molar-refractivity contribution in [2.75, 3.05) is 18.8 Å². The summed E-state index contributed by atoms with van der Waals surface area (Å²) in [6, 6.07) is 14.5. The number of benzene rings is 2. The lowest BCUT2D eigenvalue weighted by atomic mass is 9.70. The van der Waals surface area contributed by atoms with E-state index in [0.29, 0.717) is 62.1 Å². The molecule has 0 saturated carbocycles. The average Bonchev–Trinajstić information content (AvgIpc) is 3.42. The summed E-state index contributed by atoms with van der Waals surface area (Å²) < 4.78 is 6.53. The number of likely N-dealkylation sites (tertiary alicyclic amines) is 1. The molecule has 0 radical (unpaired) electrons. The Morgan fingerprint density at radius 3 is 2.67 bits per heavy atom. The van der Waals surface area contributed by atoms with Crippen LogP contribution < -0.4 is 27.3 Å². The van der Waals surface area contributed by atoms with Gasteiger partial charge in [0.2, 0.25) is 11.8 Å². The van der Waals surface area contributed by atoms with Crippen molar-refractivity contribution in [2.45, 2.75) is 37.4 Å². The monoisotopic (exact) mass is 596 g/mol. The van der Waals surface area contributed by atoms with E-state index in [1.165, 1.54) is 17.4 Å². The highest BCUT2D eigenvalue weighted by Crippen LogP contribution is 2.49. The molecule has 3 atom stereocenters. The normalized spacial score (nSPS) is 21.5. The van der Waals surface area contributed by atoms with E-state index in [9.17, 15) is 14.4 Å². The van der Waals surface area contributed by atoms with Crippen molar-refractivity contribution in [2.24, 2.45) is 11.5 Å². The lowest BCUT2D eigenvalue weighted by Gasteiger charge is -2.36. The van der Waals surface area contributed by atoms with Gasteiger partial charge in [0.15, 0.2) is 5.78 Å². The second-order valence-electron chi connectivity index (χ2n) is 10.9. The number of hydrogen-bond donors (Lipinski definition) is 4. The number of ether oxygens (including phenoxy) is 1. The zero-order valence-corrected chi connectivity index (χ0v) is 24.4. The maximum absolute atomic E-state index is 14.1. The van der Waals surface area contributed by atoms with Crippen molar-refractivity contribution >= 4 is 44.7 Å². The zero-order chi connectivity index (χ0) is 30.5. The number of carbonyl (C=O) groups excluding carboxylic acids is 3. The molecule has 4 aromatic rings. The van der Waals surface area contributed by atoms with E-state index in [-0.39, 0.29) is 17.9 Å². The van der Waals surface area contributed by atoms with Crippen LogP contribution in [0.25, 0.3) is 10.1 Å². The Morgan fingerprint density at radius 1 is 1.19 bits per heavy atom. The molecule has 2 aromatic heterocycles. The molecule has 11 heteroatoms. The van der Waals surface area contributed by atoms with Gasteiger partial charge < -0.3 is 32.2 Å². The van der Waals surface area contributed by atoms with Gasteiger partial charge >= 0.3 is 0 Å². The molecule has 7 N–H and O–H groups in total. The first-order chi connectivity index (χ1) is 20.6. The highest BCUT2D eigenvalue weighted by atomic mass is 32.1. The fourth-order valence-electron chi connectivity index (χ4n) is 6.00. The Kier molecular flexibility index (Phi) is 7.25. The quantitative estimate of drug-likeness (QED) is 0.193. The van der Waals surface area contributed by atoms with Crippen LogP contribution in [0.2, 0.25) is 0 Å². The van der Waals surface area contributed by atoms with Crippen molar-refractivity contribution < 1.29 is 19.1 Å². The Balaban J connectivity index is 1.36. The molecule has 10 nitrogen and oxygen atoms in total. The molecule has 2 aliphatic rings. The summed E-state index contributed by atoms with van der Waals surface area (Å²) in [6.45, 7) is 6.42. The second kappa shape index (κ2) is 10.9. The van der Waals surface area contributed by atoms with Crippen molar-refractivity contribution in [1.29, 1.82) is 0 Å². The van der Waals surface area contributed by atoms with Gasteiger partial charge in [-0.3, -0.25) is 14.4 Å². The minimum atomic E-state index is -1.58. The predicted molar refractivity (Wildman–Crippen MR) is 166 cm³/mol. The van der Waals surface area contributed by atoms with Gasteiger partial charge in [-0.1, -0.05) is 30.8 Å². The van der Waals surface area contributed by atoms with Crippen LogP contribution in [0, 0.1) is 6.92 Å². The fraction of sp³-hybridized carbons (Fsp3) is 0.250. The number of carbonyl (C=O) groups is 3. The van der Waals surface area contributed by atoms with Gasteiger partial charge in [0, 0.05) is 47.5 Å². The summed E-state index contributed by atoms with van der Waals surface area (Å²) in [5.74, 6) is 0.0120. The standard InChI is InChI=1S/C32H32N6O4S/c1-3-24(39)38-15-5-7-19(16-38)37-31(41)29-26-25-21(13-14-22(33)28(25)43-29)32(35,30(40)27(26)34)18-9-11-20(12-10-18)42-23-8-4-6-17(2)36-23/h3-4,6,8-14,19,27H,1,5,7,15-16,33-35H2,2H3,(H,37,41).